The molecule has 3 unspecified atom stereocenters. The van der Waals surface area contributed by atoms with Gasteiger partial charge in [0.25, 0.3) is 0 Å². The van der Waals surface area contributed by atoms with Gasteiger partial charge in [-0.3, -0.25) is 0 Å². The van der Waals surface area contributed by atoms with Gasteiger partial charge in [0.2, 0.25) is 0 Å². The van der Waals surface area contributed by atoms with Crippen LogP contribution in [0.15, 0.2) is 24.3 Å². The fourth-order valence-corrected chi connectivity index (χ4v) is 4.13. The van der Waals surface area contributed by atoms with Gasteiger partial charge in [-0.15, -0.1) is 0 Å². The van der Waals surface area contributed by atoms with E-state index in [9.17, 15) is 0 Å². The third-order valence-corrected chi connectivity index (χ3v) is 5.31. The molecule has 0 radical (unpaired) electrons. The lowest BCUT2D eigenvalue weighted by atomic mass is 9.63. The Labute approximate surface area is 122 Å². The van der Waals surface area contributed by atoms with Crippen molar-refractivity contribution >= 4 is 11.6 Å². The lowest BCUT2D eigenvalue weighted by molar-refractivity contribution is 0.151. The highest BCUT2D eigenvalue weighted by Crippen LogP contribution is 2.44. The zero-order valence-corrected chi connectivity index (χ0v) is 13.3. The highest BCUT2D eigenvalue weighted by atomic mass is 35.5. The number of halogens is 1. The monoisotopic (exact) mass is 279 g/mol. The zero-order valence-electron chi connectivity index (χ0n) is 12.5. The molecule has 1 saturated carbocycles. The average molecular weight is 280 g/mol. The van der Waals surface area contributed by atoms with Gasteiger partial charge >= 0.3 is 0 Å². The van der Waals surface area contributed by atoms with E-state index in [0.29, 0.717) is 12.0 Å². The molecule has 1 N–H and O–H groups in total. The Morgan fingerprint density at radius 1 is 1.21 bits per heavy atom. The maximum atomic E-state index is 6.43. The van der Waals surface area contributed by atoms with E-state index in [-0.39, 0.29) is 5.41 Å². The van der Waals surface area contributed by atoms with E-state index in [1.54, 1.807) is 0 Å². The van der Waals surface area contributed by atoms with Crippen LogP contribution in [-0.4, -0.2) is 13.1 Å². The minimum absolute atomic E-state index is 0.117. The largest absolute Gasteiger partial charge is 0.317 e. The first-order chi connectivity index (χ1) is 8.96. The molecular weight excluding hydrogens is 254 g/mol. The van der Waals surface area contributed by atoms with E-state index in [4.69, 9.17) is 11.6 Å². The van der Waals surface area contributed by atoms with Crippen molar-refractivity contribution in [2.75, 3.05) is 7.05 Å². The molecule has 19 heavy (non-hydrogen) atoms. The molecule has 3 atom stereocenters. The van der Waals surface area contributed by atoms with E-state index in [2.05, 4.69) is 45.3 Å². The van der Waals surface area contributed by atoms with Crippen molar-refractivity contribution in [1.82, 2.24) is 5.32 Å². The summed E-state index contributed by atoms with van der Waals surface area (Å²) in [5.41, 5.74) is 1.41. The molecule has 1 aliphatic rings. The topological polar surface area (TPSA) is 12.0 Å². The smallest absolute Gasteiger partial charge is 0.0443 e. The number of nitrogens with one attached hydrogen (secondary N) is 1. The van der Waals surface area contributed by atoms with Gasteiger partial charge in [-0.2, -0.15) is 0 Å². The van der Waals surface area contributed by atoms with Gasteiger partial charge in [-0.05, 0) is 48.8 Å². The van der Waals surface area contributed by atoms with Gasteiger partial charge in [-0.1, -0.05) is 57.0 Å². The second kappa shape index (κ2) is 5.85. The zero-order chi connectivity index (χ0) is 14.0. The molecule has 2 heteroatoms. The molecule has 1 aliphatic carbocycles. The summed E-state index contributed by atoms with van der Waals surface area (Å²) in [5.74, 6) is 1.48. The lowest BCUT2D eigenvalue weighted by Crippen LogP contribution is -2.47. The van der Waals surface area contributed by atoms with Crippen molar-refractivity contribution in [3.63, 3.8) is 0 Å². The van der Waals surface area contributed by atoms with E-state index in [0.717, 1.165) is 10.9 Å². The molecule has 1 fully saturated rings. The molecular formula is C17H26ClN. The van der Waals surface area contributed by atoms with E-state index >= 15 is 0 Å². The van der Waals surface area contributed by atoms with Crippen LogP contribution in [0.5, 0.6) is 0 Å². The first kappa shape index (κ1) is 14.9. The van der Waals surface area contributed by atoms with Crippen molar-refractivity contribution in [2.24, 2.45) is 11.8 Å². The second-order valence-corrected chi connectivity index (χ2v) is 7.03. The predicted octanol–water partition coefficient (Wildman–Crippen LogP) is 4.64. The van der Waals surface area contributed by atoms with Crippen molar-refractivity contribution in [3.05, 3.63) is 34.9 Å². The first-order valence-corrected chi connectivity index (χ1v) is 7.77. The second-order valence-electron chi connectivity index (χ2n) is 6.62. The van der Waals surface area contributed by atoms with Crippen LogP contribution in [0.2, 0.25) is 5.02 Å². The minimum atomic E-state index is 0.117. The molecule has 1 nitrogen and oxygen atoms in total. The fourth-order valence-electron chi connectivity index (χ4n) is 3.75. The molecule has 1 aromatic rings. The van der Waals surface area contributed by atoms with Crippen molar-refractivity contribution in [2.45, 2.75) is 51.5 Å². The average Bonchev–Trinajstić information content (AvgIpc) is 2.38. The normalized spacial score (nSPS) is 28.4. The summed E-state index contributed by atoms with van der Waals surface area (Å²) in [6.45, 7) is 7.06. The van der Waals surface area contributed by atoms with Crippen molar-refractivity contribution < 1.29 is 0 Å². The Balaban J connectivity index is 2.30. The highest BCUT2D eigenvalue weighted by molar-refractivity contribution is 6.31. The molecule has 106 valence electrons. The van der Waals surface area contributed by atoms with E-state index in [1.165, 1.54) is 24.8 Å². The van der Waals surface area contributed by atoms with E-state index in [1.807, 2.05) is 12.1 Å². The van der Waals surface area contributed by atoms with Crippen LogP contribution in [0.3, 0.4) is 0 Å². The van der Waals surface area contributed by atoms with Crippen LogP contribution >= 0.6 is 11.6 Å². The molecule has 0 aromatic heterocycles. The summed E-state index contributed by atoms with van der Waals surface area (Å²) in [6.07, 6.45) is 3.89. The van der Waals surface area contributed by atoms with Crippen molar-refractivity contribution in [3.8, 4) is 0 Å². The van der Waals surface area contributed by atoms with Crippen LogP contribution < -0.4 is 5.32 Å². The summed E-state index contributed by atoms with van der Waals surface area (Å²) in [5, 5.41) is 4.44. The molecule has 2 rings (SSSR count). The maximum absolute atomic E-state index is 6.43. The Hall–Kier alpha value is -0.530. The van der Waals surface area contributed by atoms with Crippen LogP contribution in [0.1, 0.15) is 45.6 Å². The van der Waals surface area contributed by atoms with Gasteiger partial charge in [0, 0.05) is 11.1 Å². The summed E-state index contributed by atoms with van der Waals surface area (Å²) in [7, 11) is 2.10. The molecule has 1 aromatic carbocycles. The molecule has 0 bridgehead atoms. The van der Waals surface area contributed by atoms with Gasteiger partial charge < -0.3 is 5.32 Å². The quantitative estimate of drug-likeness (QED) is 0.850. The van der Waals surface area contributed by atoms with Gasteiger partial charge in [0.15, 0.2) is 0 Å². The molecule has 0 spiro atoms. The number of hydrogen-bond acceptors (Lipinski definition) is 1. The number of hydrogen-bond donors (Lipinski definition) is 1. The lowest BCUT2D eigenvalue weighted by Gasteiger charge is -2.44. The van der Waals surface area contributed by atoms with Crippen LogP contribution in [0.25, 0.3) is 0 Å². The van der Waals surface area contributed by atoms with Gasteiger partial charge in [0.1, 0.15) is 0 Å². The number of rotatable bonds is 3. The minimum Gasteiger partial charge on any atom is -0.317 e. The van der Waals surface area contributed by atoms with Crippen LogP contribution in [-0.2, 0) is 5.41 Å². The summed E-state index contributed by atoms with van der Waals surface area (Å²) < 4.78 is 0. The van der Waals surface area contributed by atoms with Crippen molar-refractivity contribution in [1.29, 1.82) is 0 Å². The standard InChI is InChI=1S/C17H26ClN/c1-12-9-10-14(16(11-12)19-4)17(2,3)13-7-5-6-8-15(13)18/h5-8,12,14,16,19H,9-11H2,1-4H3. The Bertz CT molecular complexity index is 427. The summed E-state index contributed by atoms with van der Waals surface area (Å²) >= 11 is 6.43. The number of benzene rings is 1. The first-order valence-electron chi connectivity index (χ1n) is 7.39. The Kier molecular flexibility index (Phi) is 4.58. The maximum Gasteiger partial charge on any atom is 0.0443 e. The van der Waals surface area contributed by atoms with Crippen LogP contribution in [0, 0.1) is 11.8 Å². The molecule has 0 saturated heterocycles. The molecule has 0 heterocycles. The summed E-state index contributed by atoms with van der Waals surface area (Å²) in [4.78, 5) is 0. The Morgan fingerprint density at radius 2 is 1.89 bits per heavy atom. The van der Waals surface area contributed by atoms with Gasteiger partial charge in [-0.25, -0.2) is 0 Å². The highest BCUT2D eigenvalue weighted by Gasteiger charge is 2.40. The fraction of sp³-hybridized carbons (Fsp3) is 0.647. The summed E-state index contributed by atoms with van der Waals surface area (Å²) in [6, 6.07) is 8.91. The van der Waals surface area contributed by atoms with Gasteiger partial charge in [0.05, 0.1) is 0 Å². The SMILES string of the molecule is CNC1CC(C)CCC1C(C)(C)c1ccccc1Cl. The third kappa shape index (κ3) is 2.98. The molecule has 0 aliphatic heterocycles. The Morgan fingerprint density at radius 3 is 2.53 bits per heavy atom. The van der Waals surface area contributed by atoms with E-state index < -0.39 is 0 Å². The van der Waals surface area contributed by atoms with Crippen LogP contribution in [0.4, 0.5) is 0 Å². The third-order valence-electron chi connectivity index (χ3n) is 4.98. The predicted molar refractivity (Wildman–Crippen MR) is 83.8 cm³/mol. The molecule has 0 amide bonds.